The highest BCUT2D eigenvalue weighted by molar-refractivity contribution is 9.10. The molecule has 3 aliphatic rings. The van der Waals surface area contributed by atoms with Crippen LogP contribution in [-0.2, 0) is 20.9 Å². The summed E-state index contributed by atoms with van der Waals surface area (Å²) in [5, 5.41) is 5.43. The number of imide groups is 1. The van der Waals surface area contributed by atoms with E-state index in [-0.39, 0.29) is 43.8 Å². The number of anilines is 1. The highest BCUT2D eigenvalue weighted by Gasteiger charge is 2.49. The maximum absolute atomic E-state index is 14.3. The van der Waals surface area contributed by atoms with Crippen molar-refractivity contribution < 1.29 is 33.0 Å². The third-order valence-electron chi connectivity index (χ3n) is 7.38. The van der Waals surface area contributed by atoms with E-state index in [0.717, 1.165) is 10.5 Å². The summed E-state index contributed by atoms with van der Waals surface area (Å²) >= 11 is 3.17. The van der Waals surface area contributed by atoms with Gasteiger partial charge in [-0.25, -0.2) is 9.18 Å². The average molecular weight is 615 g/mol. The maximum Gasteiger partial charge on any atom is 0.327 e. The molecule has 0 spiro atoms. The van der Waals surface area contributed by atoms with Gasteiger partial charge in [0.1, 0.15) is 12.4 Å². The molecule has 2 aromatic rings. The lowest BCUT2D eigenvalue weighted by Crippen LogP contribution is -2.64. The molecule has 0 bridgehead atoms. The SMILES string of the molecule is C=CCN1C(=O)C2CCC(C(=O)NCc3ccc4c(c3)OCO4)CC2N(CC(=O)Nc2ccc(Br)cc2F)C1=O. The van der Waals surface area contributed by atoms with Crippen LogP contribution >= 0.6 is 15.9 Å². The zero-order valence-electron chi connectivity index (χ0n) is 21.5. The Balaban J connectivity index is 1.28. The molecule has 1 saturated carbocycles. The second kappa shape index (κ2) is 11.7. The number of nitrogens with one attached hydrogen (secondary N) is 2. The Hall–Kier alpha value is -3.93. The van der Waals surface area contributed by atoms with E-state index in [0.29, 0.717) is 28.8 Å². The van der Waals surface area contributed by atoms with Gasteiger partial charge in [0.05, 0.1) is 11.6 Å². The first-order chi connectivity index (χ1) is 19.2. The molecule has 5 amide bonds. The van der Waals surface area contributed by atoms with Gasteiger partial charge in [-0.2, -0.15) is 0 Å². The summed E-state index contributed by atoms with van der Waals surface area (Å²) in [5.74, 6) is -1.55. The Morgan fingerprint density at radius 2 is 1.93 bits per heavy atom. The summed E-state index contributed by atoms with van der Waals surface area (Å²) in [4.78, 5) is 55.0. The van der Waals surface area contributed by atoms with Crippen molar-refractivity contribution in [3.63, 3.8) is 0 Å². The smallest absolute Gasteiger partial charge is 0.327 e. The number of nitrogens with zero attached hydrogens (tertiary/aromatic N) is 2. The van der Waals surface area contributed by atoms with Crippen molar-refractivity contribution in [1.82, 2.24) is 15.1 Å². The van der Waals surface area contributed by atoms with Crippen LogP contribution in [0.5, 0.6) is 11.5 Å². The Labute approximate surface area is 238 Å². The normalized spacial score (nSPS) is 21.6. The van der Waals surface area contributed by atoms with Gasteiger partial charge in [-0.05, 0) is 55.2 Å². The summed E-state index contributed by atoms with van der Waals surface area (Å²) in [6.07, 6.45) is 2.50. The number of ether oxygens (including phenoxy) is 2. The van der Waals surface area contributed by atoms with Crippen LogP contribution in [0.25, 0.3) is 0 Å². The van der Waals surface area contributed by atoms with Crippen LogP contribution in [0.15, 0.2) is 53.5 Å². The van der Waals surface area contributed by atoms with Crippen LogP contribution in [0, 0.1) is 17.7 Å². The highest BCUT2D eigenvalue weighted by atomic mass is 79.9. The van der Waals surface area contributed by atoms with Crippen molar-refractivity contribution in [2.45, 2.75) is 31.8 Å². The third kappa shape index (κ3) is 5.67. The Morgan fingerprint density at radius 3 is 2.70 bits per heavy atom. The molecule has 2 heterocycles. The maximum atomic E-state index is 14.3. The highest BCUT2D eigenvalue weighted by Crippen LogP contribution is 2.38. The van der Waals surface area contributed by atoms with Crippen molar-refractivity contribution in [1.29, 1.82) is 0 Å². The minimum atomic E-state index is -0.656. The van der Waals surface area contributed by atoms with Crippen LogP contribution in [0.4, 0.5) is 14.9 Å². The number of hydrogen-bond acceptors (Lipinski definition) is 6. The molecular formula is C28H28BrFN4O6. The molecule has 1 saturated heterocycles. The molecule has 40 heavy (non-hydrogen) atoms. The lowest BCUT2D eigenvalue weighted by molar-refractivity contribution is -0.144. The topological polar surface area (TPSA) is 117 Å². The van der Waals surface area contributed by atoms with E-state index >= 15 is 0 Å². The fourth-order valence-corrected chi connectivity index (χ4v) is 5.74. The number of urea groups is 1. The minimum absolute atomic E-state index is 0.000205. The van der Waals surface area contributed by atoms with Crippen LogP contribution in [0.2, 0.25) is 0 Å². The Kier molecular flexibility index (Phi) is 8.06. The number of amides is 5. The molecule has 2 N–H and O–H groups in total. The monoisotopic (exact) mass is 614 g/mol. The molecule has 3 unspecified atom stereocenters. The third-order valence-corrected chi connectivity index (χ3v) is 7.88. The molecule has 0 aromatic heterocycles. The van der Waals surface area contributed by atoms with E-state index in [1.807, 2.05) is 6.07 Å². The standard InChI is InChI=1S/C28H28BrFN4O6/c1-2-9-33-27(37)19-6-4-17(26(36)31-13-16-3-8-23-24(10-16)40-15-39-23)11-22(19)34(28(33)38)14-25(35)32-21-7-5-18(29)12-20(21)30/h2-3,5,7-8,10,12,17,19,22H,1,4,6,9,11,13-15H2,(H,31,36)(H,32,35). The lowest BCUT2D eigenvalue weighted by atomic mass is 9.75. The van der Waals surface area contributed by atoms with Gasteiger partial charge in [0.15, 0.2) is 11.5 Å². The Morgan fingerprint density at radius 1 is 1.12 bits per heavy atom. The lowest BCUT2D eigenvalue weighted by Gasteiger charge is -2.47. The largest absolute Gasteiger partial charge is 0.454 e. The van der Waals surface area contributed by atoms with E-state index in [9.17, 15) is 23.6 Å². The molecule has 5 rings (SSSR count). The molecule has 2 fully saturated rings. The summed E-state index contributed by atoms with van der Waals surface area (Å²) in [6, 6.07) is 8.34. The van der Waals surface area contributed by atoms with Gasteiger partial charge in [0.25, 0.3) is 0 Å². The number of carbonyl (C=O) groups is 4. The predicted octanol–water partition coefficient (Wildman–Crippen LogP) is 3.81. The minimum Gasteiger partial charge on any atom is -0.454 e. The van der Waals surface area contributed by atoms with Crippen LogP contribution in [0.1, 0.15) is 24.8 Å². The molecule has 3 atom stereocenters. The molecule has 210 valence electrons. The summed E-state index contributed by atoms with van der Waals surface area (Å²) in [5.41, 5.74) is 0.811. The van der Waals surface area contributed by atoms with Gasteiger partial charge in [-0.3, -0.25) is 19.3 Å². The first kappa shape index (κ1) is 27.6. The Bertz CT molecular complexity index is 1370. The number of rotatable bonds is 8. The molecule has 10 nitrogen and oxygen atoms in total. The predicted molar refractivity (Wildman–Crippen MR) is 146 cm³/mol. The summed E-state index contributed by atoms with van der Waals surface area (Å²) in [6.45, 7) is 3.66. The van der Waals surface area contributed by atoms with Crippen LogP contribution in [0.3, 0.4) is 0 Å². The molecular weight excluding hydrogens is 587 g/mol. The first-order valence-corrected chi connectivity index (χ1v) is 13.7. The van der Waals surface area contributed by atoms with Crippen molar-refractivity contribution in [3.8, 4) is 11.5 Å². The molecule has 12 heteroatoms. The second-order valence-corrected chi connectivity index (χ2v) is 10.8. The van der Waals surface area contributed by atoms with Gasteiger partial charge in [0, 0.05) is 29.5 Å². The number of halogens is 2. The van der Waals surface area contributed by atoms with Gasteiger partial charge in [-0.15, -0.1) is 6.58 Å². The molecule has 2 aliphatic heterocycles. The van der Waals surface area contributed by atoms with E-state index in [2.05, 4.69) is 33.1 Å². The number of hydrogen-bond donors (Lipinski definition) is 2. The van der Waals surface area contributed by atoms with Gasteiger partial charge >= 0.3 is 6.03 Å². The molecule has 1 aliphatic carbocycles. The van der Waals surface area contributed by atoms with Gasteiger partial charge in [0.2, 0.25) is 24.5 Å². The van der Waals surface area contributed by atoms with Crippen LogP contribution in [-0.4, -0.2) is 59.5 Å². The van der Waals surface area contributed by atoms with E-state index in [1.165, 1.54) is 23.1 Å². The van der Waals surface area contributed by atoms with E-state index < -0.39 is 42.2 Å². The van der Waals surface area contributed by atoms with Crippen molar-refractivity contribution >= 4 is 45.4 Å². The van der Waals surface area contributed by atoms with E-state index in [1.54, 1.807) is 18.2 Å². The number of benzene rings is 2. The fraction of sp³-hybridized carbons (Fsp3) is 0.357. The zero-order valence-corrected chi connectivity index (χ0v) is 23.1. The summed E-state index contributed by atoms with van der Waals surface area (Å²) in [7, 11) is 0. The zero-order chi connectivity index (χ0) is 28.4. The fourth-order valence-electron chi connectivity index (χ4n) is 5.41. The van der Waals surface area contributed by atoms with Crippen molar-refractivity contribution in [3.05, 3.63) is 64.9 Å². The summed E-state index contributed by atoms with van der Waals surface area (Å²) < 4.78 is 25.5. The quantitative estimate of drug-likeness (QED) is 0.437. The van der Waals surface area contributed by atoms with Crippen molar-refractivity contribution in [2.75, 3.05) is 25.2 Å². The average Bonchev–Trinajstić information content (AvgIpc) is 3.41. The first-order valence-electron chi connectivity index (χ1n) is 12.9. The molecule has 0 radical (unpaired) electrons. The van der Waals surface area contributed by atoms with Crippen LogP contribution < -0.4 is 20.1 Å². The number of fused-ring (bicyclic) bond motifs is 2. The van der Waals surface area contributed by atoms with E-state index in [4.69, 9.17) is 9.47 Å². The van der Waals surface area contributed by atoms with Crippen molar-refractivity contribution in [2.24, 2.45) is 11.8 Å². The molecule has 2 aromatic carbocycles. The van der Waals surface area contributed by atoms with Gasteiger partial charge < -0.3 is 25.0 Å². The number of carbonyl (C=O) groups excluding carboxylic acids is 4. The van der Waals surface area contributed by atoms with Gasteiger partial charge in [-0.1, -0.05) is 28.1 Å². The second-order valence-electron chi connectivity index (χ2n) is 9.91.